The molecule has 0 aliphatic heterocycles. The summed E-state index contributed by atoms with van der Waals surface area (Å²) < 4.78 is 0. The Morgan fingerprint density at radius 2 is 1.90 bits per heavy atom. The van der Waals surface area contributed by atoms with Crippen molar-refractivity contribution in [3.8, 4) is 0 Å². The second kappa shape index (κ2) is 7.72. The molecule has 0 aliphatic rings. The Bertz CT molecular complexity index is 434. The zero-order chi connectivity index (χ0) is 15.3. The number of rotatable bonds is 7. The van der Waals surface area contributed by atoms with Crippen LogP contribution in [0.5, 0.6) is 0 Å². The molecule has 4 nitrogen and oxygen atoms in total. The van der Waals surface area contributed by atoms with Crippen LogP contribution < -0.4 is 10.2 Å². The molecule has 1 atom stereocenters. The lowest BCUT2D eigenvalue weighted by Gasteiger charge is -2.28. The van der Waals surface area contributed by atoms with Gasteiger partial charge >= 0.3 is 0 Å². The molecule has 1 heterocycles. The first-order chi connectivity index (χ1) is 9.42. The minimum atomic E-state index is 0.330. The summed E-state index contributed by atoms with van der Waals surface area (Å²) in [6, 6.07) is 0.473. The molecule has 0 aromatic carbocycles. The number of thioether (sulfide) groups is 1. The smallest absolute Gasteiger partial charge is 0.137 e. The van der Waals surface area contributed by atoms with Gasteiger partial charge in [-0.15, -0.1) is 0 Å². The first-order valence-corrected chi connectivity index (χ1v) is 8.59. The molecule has 1 aromatic heterocycles. The summed E-state index contributed by atoms with van der Waals surface area (Å²) in [5.41, 5.74) is 1.12. The average Bonchev–Trinajstić information content (AvgIpc) is 2.43. The van der Waals surface area contributed by atoms with Crippen LogP contribution >= 0.6 is 11.8 Å². The number of hydrogen-bond donors (Lipinski definition) is 1. The lowest BCUT2D eigenvalue weighted by Crippen LogP contribution is -2.31. The third-order valence-electron chi connectivity index (χ3n) is 3.63. The van der Waals surface area contributed by atoms with Crippen molar-refractivity contribution >= 4 is 23.4 Å². The third kappa shape index (κ3) is 4.01. The van der Waals surface area contributed by atoms with Gasteiger partial charge in [0.15, 0.2) is 0 Å². The van der Waals surface area contributed by atoms with Gasteiger partial charge in [-0.3, -0.25) is 0 Å². The average molecular weight is 296 g/mol. The van der Waals surface area contributed by atoms with Crippen molar-refractivity contribution in [2.24, 2.45) is 0 Å². The predicted molar refractivity (Wildman–Crippen MR) is 91.3 cm³/mol. The standard InChI is InChI=1S/C15H28N4S/c1-10(2)13-17-14(16-5)12(4)15(18-13)19(6)11(3)8-9-20-7/h10-11H,8-9H2,1-7H3,(H,16,17,18). The van der Waals surface area contributed by atoms with Crippen LogP contribution in [-0.4, -0.2) is 42.1 Å². The summed E-state index contributed by atoms with van der Waals surface area (Å²) in [6.45, 7) is 8.60. The van der Waals surface area contributed by atoms with E-state index in [0.29, 0.717) is 12.0 Å². The topological polar surface area (TPSA) is 41.1 Å². The maximum absolute atomic E-state index is 4.78. The normalized spacial score (nSPS) is 12.6. The van der Waals surface area contributed by atoms with E-state index in [2.05, 4.69) is 56.2 Å². The molecule has 0 radical (unpaired) electrons. The second-order valence-electron chi connectivity index (χ2n) is 5.53. The summed E-state index contributed by atoms with van der Waals surface area (Å²) >= 11 is 1.89. The molecular formula is C15H28N4S. The van der Waals surface area contributed by atoms with Crippen molar-refractivity contribution in [2.75, 3.05) is 36.3 Å². The second-order valence-corrected chi connectivity index (χ2v) is 6.51. The highest BCUT2D eigenvalue weighted by Crippen LogP contribution is 2.27. The van der Waals surface area contributed by atoms with Gasteiger partial charge in [0.2, 0.25) is 0 Å². The zero-order valence-electron chi connectivity index (χ0n) is 13.8. The molecule has 1 unspecified atom stereocenters. The highest BCUT2D eigenvalue weighted by atomic mass is 32.2. The van der Waals surface area contributed by atoms with Crippen molar-refractivity contribution in [3.05, 3.63) is 11.4 Å². The van der Waals surface area contributed by atoms with Gasteiger partial charge in [0.1, 0.15) is 17.5 Å². The fourth-order valence-corrected chi connectivity index (χ4v) is 2.63. The van der Waals surface area contributed by atoms with Gasteiger partial charge < -0.3 is 10.2 Å². The van der Waals surface area contributed by atoms with E-state index in [1.165, 1.54) is 5.75 Å². The summed E-state index contributed by atoms with van der Waals surface area (Å²) in [5.74, 6) is 4.38. The van der Waals surface area contributed by atoms with Crippen molar-refractivity contribution in [3.63, 3.8) is 0 Å². The summed E-state index contributed by atoms with van der Waals surface area (Å²) in [4.78, 5) is 11.7. The van der Waals surface area contributed by atoms with Crippen molar-refractivity contribution < 1.29 is 0 Å². The largest absolute Gasteiger partial charge is 0.373 e. The quantitative estimate of drug-likeness (QED) is 0.833. The molecule has 0 amide bonds. The van der Waals surface area contributed by atoms with Gasteiger partial charge in [-0.25, -0.2) is 9.97 Å². The molecule has 0 aliphatic carbocycles. The van der Waals surface area contributed by atoms with E-state index in [-0.39, 0.29) is 0 Å². The highest BCUT2D eigenvalue weighted by Gasteiger charge is 2.18. The van der Waals surface area contributed by atoms with E-state index in [4.69, 9.17) is 4.98 Å². The van der Waals surface area contributed by atoms with Crippen LogP contribution in [0.25, 0.3) is 0 Å². The monoisotopic (exact) mass is 296 g/mol. The first kappa shape index (κ1) is 17.1. The van der Waals surface area contributed by atoms with E-state index < -0.39 is 0 Å². The number of hydrogen-bond acceptors (Lipinski definition) is 5. The molecule has 1 N–H and O–H groups in total. The molecule has 0 spiro atoms. The molecule has 1 aromatic rings. The molecule has 1 rings (SSSR count). The fraction of sp³-hybridized carbons (Fsp3) is 0.733. The molecule has 0 fully saturated rings. The van der Waals surface area contributed by atoms with Crippen molar-refractivity contribution in [2.45, 2.75) is 46.1 Å². The van der Waals surface area contributed by atoms with E-state index in [1.54, 1.807) is 0 Å². The van der Waals surface area contributed by atoms with Crippen LogP contribution in [0.4, 0.5) is 11.6 Å². The van der Waals surface area contributed by atoms with E-state index in [9.17, 15) is 0 Å². The van der Waals surface area contributed by atoms with Crippen LogP contribution in [0.15, 0.2) is 0 Å². The van der Waals surface area contributed by atoms with Crippen molar-refractivity contribution in [1.82, 2.24) is 9.97 Å². The molecular weight excluding hydrogens is 268 g/mol. The maximum Gasteiger partial charge on any atom is 0.137 e. The first-order valence-electron chi connectivity index (χ1n) is 7.20. The van der Waals surface area contributed by atoms with E-state index in [1.807, 2.05) is 18.8 Å². The molecule has 0 bridgehead atoms. The zero-order valence-corrected chi connectivity index (χ0v) is 14.6. The highest BCUT2D eigenvalue weighted by molar-refractivity contribution is 7.98. The number of nitrogens with zero attached hydrogens (tertiary/aromatic N) is 3. The van der Waals surface area contributed by atoms with Gasteiger partial charge in [-0.1, -0.05) is 13.8 Å². The molecule has 114 valence electrons. The third-order valence-corrected chi connectivity index (χ3v) is 4.27. The Labute approximate surface area is 127 Å². The Kier molecular flexibility index (Phi) is 6.59. The lowest BCUT2D eigenvalue weighted by atomic mass is 10.1. The summed E-state index contributed by atoms with van der Waals surface area (Å²) in [5, 5.41) is 3.19. The Hall–Kier alpha value is -0.970. The number of nitrogens with one attached hydrogen (secondary N) is 1. The van der Waals surface area contributed by atoms with Gasteiger partial charge in [-0.05, 0) is 32.3 Å². The van der Waals surface area contributed by atoms with Crippen LogP contribution in [-0.2, 0) is 0 Å². The number of aromatic nitrogens is 2. The van der Waals surface area contributed by atoms with Crippen LogP contribution in [0.3, 0.4) is 0 Å². The van der Waals surface area contributed by atoms with Gasteiger partial charge in [0, 0.05) is 31.6 Å². The number of anilines is 2. The van der Waals surface area contributed by atoms with Crippen LogP contribution in [0.1, 0.15) is 44.5 Å². The minimum absolute atomic E-state index is 0.330. The summed E-state index contributed by atoms with van der Waals surface area (Å²) in [6.07, 6.45) is 3.31. The molecule has 20 heavy (non-hydrogen) atoms. The Morgan fingerprint density at radius 3 is 2.40 bits per heavy atom. The van der Waals surface area contributed by atoms with Gasteiger partial charge in [0.05, 0.1) is 0 Å². The van der Waals surface area contributed by atoms with Crippen LogP contribution in [0, 0.1) is 6.92 Å². The SMILES string of the molecule is CNc1nc(C(C)C)nc(N(C)C(C)CCSC)c1C. The predicted octanol–water partition coefficient (Wildman–Crippen LogP) is 3.53. The van der Waals surface area contributed by atoms with Gasteiger partial charge in [-0.2, -0.15) is 11.8 Å². The van der Waals surface area contributed by atoms with E-state index in [0.717, 1.165) is 29.4 Å². The van der Waals surface area contributed by atoms with Crippen LogP contribution in [0.2, 0.25) is 0 Å². The molecule has 5 heteroatoms. The minimum Gasteiger partial charge on any atom is -0.373 e. The molecule has 0 saturated carbocycles. The Balaban J connectivity index is 3.11. The van der Waals surface area contributed by atoms with Gasteiger partial charge in [0.25, 0.3) is 0 Å². The summed E-state index contributed by atoms with van der Waals surface area (Å²) in [7, 11) is 4.05. The van der Waals surface area contributed by atoms with E-state index >= 15 is 0 Å². The Morgan fingerprint density at radius 1 is 1.25 bits per heavy atom. The maximum atomic E-state index is 4.78. The molecule has 0 saturated heterocycles. The van der Waals surface area contributed by atoms with Crippen molar-refractivity contribution in [1.29, 1.82) is 0 Å². The fourth-order valence-electron chi connectivity index (χ4n) is 2.06. The lowest BCUT2D eigenvalue weighted by molar-refractivity contribution is 0.653.